The number of amides is 1. The molecule has 216 valence electrons. The highest BCUT2D eigenvalue weighted by Gasteiger charge is 2.26. The number of nitrogens with one attached hydrogen (secondary N) is 2. The molecule has 0 saturated heterocycles. The van der Waals surface area contributed by atoms with E-state index in [9.17, 15) is 22.8 Å². The molecule has 0 radical (unpaired) electrons. The van der Waals surface area contributed by atoms with Gasteiger partial charge in [0.25, 0.3) is 11.5 Å². The highest BCUT2D eigenvalue weighted by Crippen LogP contribution is 2.29. The molecule has 0 aliphatic heterocycles. The van der Waals surface area contributed by atoms with Crippen LogP contribution in [0.15, 0.2) is 83.7 Å². The average Bonchev–Trinajstić information content (AvgIpc) is 2.96. The number of carbonyl (C=O) groups is 1. The molecule has 9 heteroatoms. The number of benzene rings is 3. The van der Waals surface area contributed by atoms with Crippen molar-refractivity contribution in [1.82, 2.24) is 4.98 Å². The van der Waals surface area contributed by atoms with Crippen LogP contribution in [0, 0.1) is 6.92 Å². The summed E-state index contributed by atoms with van der Waals surface area (Å²) in [6.45, 7) is 5.88. The van der Waals surface area contributed by atoms with Crippen LogP contribution in [0.5, 0.6) is 11.5 Å². The minimum absolute atomic E-state index is 0.0389. The number of aromatic amines is 1. The first kappa shape index (κ1) is 31.0. The number of H-pyrrole nitrogens is 1. The molecule has 6 nitrogen and oxygen atoms in total. The van der Waals surface area contributed by atoms with E-state index in [0.717, 1.165) is 5.56 Å². The van der Waals surface area contributed by atoms with Crippen LogP contribution in [-0.4, -0.2) is 30.8 Å². The molecule has 41 heavy (non-hydrogen) atoms. The van der Waals surface area contributed by atoms with Crippen molar-refractivity contribution in [2.75, 3.05) is 19.0 Å². The Hall–Kier alpha value is -4.53. The maximum atomic E-state index is 13.3. The number of pyridine rings is 1. The number of aryl methyl sites for hydroxylation is 1. The Morgan fingerprint density at radius 3 is 2.05 bits per heavy atom. The molecule has 4 rings (SSSR count). The Kier molecular flexibility index (Phi) is 10.7. The van der Waals surface area contributed by atoms with Crippen molar-refractivity contribution < 1.29 is 27.4 Å². The van der Waals surface area contributed by atoms with Gasteiger partial charge in [0.15, 0.2) is 0 Å². The molecular formula is C32H33F3N2O4. The predicted molar refractivity (Wildman–Crippen MR) is 156 cm³/mol. The van der Waals surface area contributed by atoms with Crippen LogP contribution in [0.3, 0.4) is 0 Å². The van der Waals surface area contributed by atoms with E-state index in [0.29, 0.717) is 39.6 Å². The zero-order valence-corrected chi connectivity index (χ0v) is 23.4. The fourth-order valence-corrected chi connectivity index (χ4v) is 3.96. The Morgan fingerprint density at radius 2 is 1.46 bits per heavy atom. The molecule has 1 amide bonds. The number of aromatic nitrogens is 1. The van der Waals surface area contributed by atoms with Crippen molar-refractivity contribution >= 4 is 11.6 Å². The number of anilines is 1. The number of hydrogen-bond donors (Lipinski definition) is 2. The van der Waals surface area contributed by atoms with Crippen molar-refractivity contribution in [2.24, 2.45) is 0 Å². The largest absolute Gasteiger partial charge is 0.497 e. The number of halogens is 3. The van der Waals surface area contributed by atoms with Crippen LogP contribution >= 0.6 is 0 Å². The van der Waals surface area contributed by atoms with Gasteiger partial charge in [-0.25, -0.2) is 0 Å². The third-order valence-electron chi connectivity index (χ3n) is 6.01. The number of methoxy groups -OCH3 is 1. The molecule has 3 aromatic carbocycles. The van der Waals surface area contributed by atoms with E-state index in [1.807, 2.05) is 45.0 Å². The molecule has 0 spiro atoms. The minimum Gasteiger partial charge on any atom is -0.497 e. The fraction of sp³-hybridized carbons (Fsp3) is 0.250. The fourth-order valence-electron chi connectivity index (χ4n) is 3.96. The Morgan fingerprint density at radius 1 is 0.878 bits per heavy atom. The minimum atomic E-state index is -4.22. The summed E-state index contributed by atoms with van der Waals surface area (Å²) >= 11 is 0. The zero-order valence-electron chi connectivity index (χ0n) is 23.4. The average molecular weight is 567 g/mol. The molecule has 0 aliphatic carbocycles. The summed E-state index contributed by atoms with van der Waals surface area (Å²) in [5.74, 6) is 0.483. The third kappa shape index (κ3) is 8.73. The Bertz CT molecular complexity index is 1480. The number of carbonyl (C=O) groups excluding carboxylic acids is 1. The SMILES string of the molecule is CC.COc1ccc(NC(=O)c2c(-c3ccc(C)cc3)cc(-c3ccc(OCCCC(F)(F)F)cc3)[nH]c2=O)cc1. The van der Waals surface area contributed by atoms with Gasteiger partial charge in [-0.3, -0.25) is 9.59 Å². The number of ether oxygens (including phenoxy) is 2. The van der Waals surface area contributed by atoms with E-state index in [1.165, 1.54) is 0 Å². The molecular weight excluding hydrogens is 533 g/mol. The van der Waals surface area contributed by atoms with Gasteiger partial charge in [0.2, 0.25) is 0 Å². The molecule has 0 aliphatic rings. The summed E-state index contributed by atoms with van der Waals surface area (Å²) in [7, 11) is 1.54. The molecule has 1 aromatic heterocycles. The lowest BCUT2D eigenvalue weighted by molar-refractivity contribution is -0.136. The van der Waals surface area contributed by atoms with Gasteiger partial charge in [0.05, 0.1) is 13.7 Å². The van der Waals surface area contributed by atoms with E-state index in [4.69, 9.17) is 9.47 Å². The van der Waals surface area contributed by atoms with Crippen LogP contribution in [0.2, 0.25) is 0 Å². The summed E-state index contributed by atoms with van der Waals surface area (Å²) in [4.78, 5) is 29.3. The van der Waals surface area contributed by atoms with Crippen molar-refractivity contribution in [3.8, 4) is 33.9 Å². The summed E-state index contributed by atoms with van der Waals surface area (Å²) < 4.78 is 47.5. The van der Waals surface area contributed by atoms with Crippen molar-refractivity contribution in [1.29, 1.82) is 0 Å². The standard InChI is InChI=1S/C30H27F3N2O4.C2H6/c1-19-4-6-20(7-5-19)25-18-26(21-8-12-24(13-9-21)39-17-3-16-30(31,32)33)35-29(37)27(25)28(36)34-22-10-14-23(38-2)15-11-22;1-2/h4-15,18H,3,16-17H2,1-2H3,(H,34,36)(H,35,37);1-2H3. The van der Waals surface area contributed by atoms with E-state index < -0.39 is 24.1 Å². The van der Waals surface area contributed by atoms with Crippen molar-refractivity contribution in [3.05, 3.63) is 100 Å². The molecule has 2 N–H and O–H groups in total. The molecule has 4 aromatic rings. The van der Waals surface area contributed by atoms with Crippen LogP contribution in [0.25, 0.3) is 22.4 Å². The second kappa shape index (κ2) is 14.2. The molecule has 1 heterocycles. The summed E-state index contributed by atoms with van der Waals surface area (Å²) in [6.07, 6.45) is -5.27. The first-order valence-electron chi connectivity index (χ1n) is 13.2. The van der Waals surface area contributed by atoms with E-state index in [2.05, 4.69) is 10.3 Å². The lowest BCUT2D eigenvalue weighted by Crippen LogP contribution is -2.25. The summed E-state index contributed by atoms with van der Waals surface area (Å²) in [5.41, 5.74) is 3.18. The molecule has 0 fully saturated rings. The highest BCUT2D eigenvalue weighted by molar-refractivity contribution is 6.08. The quantitative estimate of drug-likeness (QED) is 0.201. The van der Waals surface area contributed by atoms with Crippen LogP contribution in [-0.2, 0) is 0 Å². The first-order valence-corrected chi connectivity index (χ1v) is 13.2. The van der Waals surface area contributed by atoms with Gasteiger partial charge in [0.1, 0.15) is 17.1 Å². The second-order valence-corrected chi connectivity index (χ2v) is 8.94. The van der Waals surface area contributed by atoms with Gasteiger partial charge in [-0.1, -0.05) is 43.7 Å². The van der Waals surface area contributed by atoms with Gasteiger partial charge in [0, 0.05) is 23.4 Å². The smallest absolute Gasteiger partial charge is 0.389 e. The normalized spacial score (nSPS) is 10.8. The summed E-state index contributed by atoms with van der Waals surface area (Å²) in [6, 6.07) is 22.6. The molecule has 0 saturated carbocycles. The van der Waals surface area contributed by atoms with E-state index in [1.54, 1.807) is 61.7 Å². The van der Waals surface area contributed by atoms with E-state index in [-0.39, 0.29) is 18.6 Å². The van der Waals surface area contributed by atoms with Gasteiger partial charge >= 0.3 is 6.18 Å². The van der Waals surface area contributed by atoms with Crippen molar-refractivity contribution in [3.63, 3.8) is 0 Å². The zero-order chi connectivity index (χ0) is 30.0. The summed E-state index contributed by atoms with van der Waals surface area (Å²) in [5, 5.41) is 2.77. The Balaban J connectivity index is 0.00000226. The highest BCUT2D eigenvalue weighted by atomic mass is 19.4. The van der Waals surface area contributed by atoms with Crippen LogP contribution in [0.1, 0.15) is 42.6 Å². The van der Waals surface area contributed by atoms with Gasteiger partial charge in [-0.2, -0.15) is 13.2 Å². The lowest BCUT2D eigenvalue weighted by atomic mass is 9.97. The van der Waals surface area contributed by atoms with Gasteiger partial charge in [-0.15, -0.1) is 0 Å². The van der Waals surface area contributed by atoms with Crippen LogP contribution < -0.4 is 20.3 Å². The predicted octanol–water partition coefficient (Wildman–Crippen LogP) is 8.03. The molecule has 0 bridgehead atoms. The topological polar surface area (TPSA) is 80.4 Å². The lowest BCUT2D eigenvalue weighted by Gasteiger charge is -2.13. The monoisotopic (exact) mass is 566 g/mol. The van der Waals surface area contributed by atoms with Gasteiger partial charge in [-0.05, 0) is 79.1 Å². The van der Waals surface area contributed by atoms with Crippen LogP contribution in [0.4, 0.5) is 18.9 Å². The Labute approximate surface area is 237 Å². The van der Waals surface area contributed by atoms with Gasteiger partial charge < -0.3 is 19.8 Å². The first-order chi connectivity index (χ1) is 19.6. The number of alkyl halides is 3. The third-order valence-corrected chi connectivity index (χ3v) is 6.01. The van der Waals surface area contributed by atoms with Crippen molar-refractivity contribution in [2.45, 2.75) is 39.8 Å². The maximum absolute atomic E-state index is 13.3. The second-order valence-electron chi connectivity index (χ2n) is 8.94. The maximum Gasteiger partial charge on any atom is 0.389 e. The number of hydrogen-bond acceptors (Lipinski definition) is 4. The van der Waals surface area contributed by atoms with E-state index >= 15 is 0 Å². The molecule has 0 unspecified atom stereocenters. The number of rotatable bonds is 9. The molecule has 0 atom stereocenters.